The molecule has 1 aliphatic carbocycles. The van der Waals surface area contributed by atoms with Crippen molar-refractivity contribution in [3.8, 4) is 0 Å². The highest BCUT2D eigenvalue weighted by Gasteiger charge is 2.21. The number of nitrogens with one attached hydrogen (secondary N) is 1. The maximum absolute atomic E-state index is 13.1. The Labute approximate surface area is 129 Å². The molecule has 2 nitrogen and oxygen atoms in total. The predicted octanol–water partition coefficient (Wildman–Crippen LogP) is 4.50. The van der Waals surface area contributed by atoms with E-state index in [1.165, 1.54) is 30.5 Å². The van der Waals surface area contributed by atoms with Crippen molar-refractivity contribution in [1.29, 1.82) is 0 Å². The molecule has 1 fully saturated rings. The van der Waals surface area contributed by atoms with Crippen LogP contribution in [0.15, 0.2) is 42.5 Å². The summed E-state index contributed by atoms with van der Waals surface area (Å²) in [4.78, 5) is 2.04. The van der Waals surface area contributed by atoms with Crippen molar-refractivity contribution in [2.75, 3.05) is 11.9 Å². The van der Waals surface area contributed by atoms with E-state index in [9.17, 15) is 4.39 Å². The van der Waals surface area contributed by atoms with Gasteiger partial charge in [-0.3, -0.25) is 0 Å². The summed E-state index contributed by atoms with van der Waals surface area (Å²) in [5.41, 5.74) is 3.17. The van der Waals surface area contributed by atoms with Gasteiger partial charge >= 0.3 is 0 Å². The molecule has 0 radical (unpaired) electrons. The summed E-state index contributed by atoms with van der Waals surface area (Å²) in [5, 5.41) is 4.22. The van der Waals surface area contributed by atoms with Gasteiger partial charge in [-0.1, -0.05) is 17.7 Å². The van der Waals surface area contributed by atoms with Gasteiger partial charge in [0.1, 0.15) is 5.82 Å². The molecule has 110 valence electrons. The van der Waals surface area contributed by atoms with Crippen LogP contribution in [0, 0.1) is 5.82 Å². The molecule has 0 amide bonds. The van der Waals surface area contributed by atoms with Crippen LogP contribution in [0.4, 0.5) is 15.8 Å². The number of hydrogen-bond donors (Lipinski definition) is 1. The van der Waals surface area contributed by atoms with Crippen molar-refractivity contribution in [3.05, 3.63) is 58.9 Å². The van der Waals surface area contributed by atoms with E-state index in [1.54, 1.807) is 12.1 Å². The largest absolute Gasteiger partial charge is 0.344 e. The van der Waals surface area contributed by atoms with Gasteiger partial charge in [0, 0.05) is 36.0 Å². The molecule has 0 heterocycles. The highest BCUT2D eigenvalue weighted by Crippen LogP contribution is 2.30. The fourth-order valence-corrected chi connectivity index (χ4v) is 2.51. The Hall–Kier alpha value is -1.58. The van der Waals surface area contributed by atoms with Crippen LogP contribution in [0.1, 0.15) is 18.4 Å². The zero-order valence-electron chi connectivity index (χ0n) is 11.9. The van der Waals surface area contributed by atoms with Crippen LogP contribution in [0.25, 0.3) is 0 Å². The molecule has 1 N–H and O–H groups in total. The molecule has 0 spiro atoms. The van der Waals surface area contributed by atoms with Crippen molar-refractivity contribution in [2.45, 2.75) is 25.4 Å². The summed E-state index contributed by atoms with van der Waals surface area (Å²) < 4.78 is 13.1. The van der Waals surface area contributed by atoms with Crippen LogP contribution < -0.4 is 10.2 Å². The molecule has 21 heavy (non-hydrogen) atoms. The van der Waals surface area contributed by atoms with E-state index >= 15 is 0 Å². The standard InChI is InChI=1S/C17H18ClFN2/c1-21(16-8-4-14(19)5-9-16)17-10-13(18)3-2-12(17)11-20-15-6-7-15/h2-5,8-10,15,20H,6-7,11H2,1H3. The van der Waals surface area contributed by atoms with Crippen molar-refractivity contribution < 1.29 is 4.39 Å². The lowest BCUT2D eigenvalue weighted by Crippen LogP contribution is -2.19. The average molecular weight is 305 g/mol. The molecule has 0 aliphatic heterocycles. The van der Waals surface area contributed by atoms with E-state index in [-0.39, 0.29) is 5.82 Å². The molecule has 1 aliphatic rings. The Bertz CT molecular complexity index is 623. The lowest BCUT2D eigenvalue weighted by Gasteiger charge is -2.23. The smallest absolute Gasteiger partial charge is 0.123 e. The van der Waals surface area contributed by atoms with E-state index in [1.807, 2.05) is 30.1 Å². The van der Waals surface area contributed by atoms with E-state index in [0.29, 0.717) is 11.1 Å². The molecule has 2 aromatic rings. The second-order valence-electron chi connectivity index (χ2n) is 5.46. The lowest BCUT2D eigenvalue weighted by atomic mass is 10.1. The number of nitrogens with zero attached hydrogens (tertiary/aromatic N) is 1. The van der Waals surface area contributed by atoms with Crippen LogP contribution in [-0.2, 0) is 6.54 Å². The number of hydrogen-bond acceptors (Lipinski definition) is 2. The van der Waals surface area contributed by atoms with Crippen molar-refractivity contribution in [3.63, 3.8) is 0 Å². The minimum absolute atomic E-state index is 0.228. The third-order valence-corrected chi connectivity index (χ3v) is 4.02. The molecule has 1 saturated carbocycles. The highest BCUT2D eigenvalue weighted by molar-refractivity contribution is 6.30. The first-order valence-corrected chi connectivity index (χ1v) is 7.52. The highest BCUT2D eigenvalue weighted by atomic mass is 35.5. The number of halogens is 2. The quantitative estimate of drug-likeness (QED) is 0.875. The van der Waals surface area contributed by atoms with Crippen molar-refractivity contribution in [1.82, 2.24) is 5.32 Å². The normalized spacial score (nSPS) is 14.2. The third-order valence-electron chi connectivity index (χ3n) is 3.78. The maximum atomic E-state index is 13.1. The number of benzene rings is 2. The maximum Gasteiger partial charge on any atom is 0.123 e. The molecule has 0 unspecified atom stereocenters. The zero-order valence-corrected chi connectivity index (χ0v) is 12.7. The molecule has 2 aromatic carbocycles. The summed E-state index contributed by atoms with van der Waals surface area (Å²) in [6.45, 7) is 0.822. The predicted molar refractivity (Wildman–Crippen MR) is 85.8 cm³/mol. The zero-order chi connectivity index (χ0) is 14.8. The second-order valence-corrected chi connectivity index (χ2v) is 5.90. The Balaban J connectivity index is 1.87. The van der Waals surface area contributed by atoms with Crippen LogP contribution in [0.2, 0.25) is 5.02 Å². The number of rotatable bonds is 5. The van der Waals surface area contributed by atoms with Gasteiger partial charge in [0.05, 0.1) is 0 Å². The summed E-state index contributed by atoms with van der Waals surface area (Å²) in [6, 6.07) is 13.1. The van der Waals surface area contributed by atoms with Gasteiger partial charge in [0.2, 0.25) is 0 Å². The monoisotopic (exact) mass is 304 g/mol. The first-order valence-electron chi connectivity index (χ1n) is 7.14. The molecule has 4 heteroatoms. The summed E-state index contributed by atoms with van der Waals surface area (Å²) in [5.74, 6) is -0.228. The first-order chi connectivity index (χ1) is 10.1. The fraction of sp³-hybridized carbons (Fsp3) is 0.294. The minimum Gasteiger partial charge on any atom is -0.344 e. The first kappa shape index (κ1) is 14.4. The molecule has 0 bridgehead atoms. The molecule has 0 aromatic heterocycles. The molecule has 0 saturated heterocycles. The third kappa shape index (κ3) is 3.55. The van der Waals surface area contributed by atoms with Gasteiger partial charge < -0.3 is 10.2 Å². The second kappa shape index (κ2) is 6.04. The number of anilines is 2. The van der Waals surface area contributed by atoms with Gasteiger partial charge in [0.25, 0.3) is 0 Å². The SMILES string of the molecule is CN(c1ccc(F)cc1)c1cc(Cl)ccc1CNC1CC1. The van der Waals surface area contributed by atoms with Crippen molar-refractivity contribution in [2.24, 2.45) is 0 Å². The Kier molecular flexibility index (Phi) is 4.13. The Morgan fingerprint density at radius 1 is 1.19 bits per heavy atom. The van der Waals surface area contributed by atoms with Crippen LogP contribution in [-0.4, -0.2) is 13.1 Å². The Morgan fingerprint density at radius 2 is 1.90 bits per heavy atom. The van der Waals surface area contributed by atoms with E-state index in [2.05, 4.69) is 5.32 Å². The molecular weight excluding hydrogens is 287 g/mol. The van der Waals surface area contributed by atoms with Crippen LogP contribution in [0.5, 0.6) is 0 Å². The van der Waals surface area contributed by atoms with Gasteiger partial charge in [0.15, 0.2) is 0 Å². The summed E-state index contributed by atoms with van der Waals surface area (Å²) in [6.07, 6.45) is 2.52. The van der Waals surface area contributed by atoms with Gasteiger partial charge in [-0.15, -0.1) is 0 Å². The topological polar surface area (TPSA) is 15.3 Å². The van der Waals surface area contributed by atoms with E-state index in [4.69, 9.17) is 11.6 Å². The molecule has 3 rings (SSSR count). The van der Waals surface area contributed by atoms with Crippen LogP contribution in [0.3, 0.4) is 0 Å². The fourth-order valence-electron chi connectivity index (χ4n) is 2.34. The van der Waals surface area contributed by atoms with Gasteiger partial charge in [-0.05, 0) is 54.8 Å². The minimum atomic E-state index is -0.228. The van der Waals surface area contributed by atoms with E-state index < -0.39 is 0 Å². The summed E-state index contributed by atoms with van der Waals surface area (Å²) in [7, 11) is 1.97. The molecule has 0 atom stereocenters. The summed E-state index contributed by atoms with van der Waals surface area (Å²) >= 11 is 6.14. The average Bonchev–Trinajstić information content (AvgIpc) is 3.30. The van der Waals surface area contributed by atoms with E-state index in [0.717, 1.165) is 17.9 Å². The Morgan fingerprint density at radius 3 is 2.57 bits per heavy atom. The molecular formula is C17H18ClFN2. The van der Waals surface area contributed by atoms with Crippen molar-refractivity contribution >= 4 is 23.0 Å². The lowest BCUT2D eigenvalue weighted by molar-refractivity contribution is 0.628. The van der Waals surface area contributed by atoms with Crippen LogP contribution >= 0.6 is 11.6 Å². The van der Waals surface area contributed by atoms with Gasteiger partial charge in [-0.25, -0.2) is 4.39 Å². The van der Waals surface area contributed by atoms with Gasteiger partial charge in [-0.2, -0.15) is 0 Å².